The van der Waals surface area contributed by atoms with E-state index in [4.69, 9.17) is 18.5 Å². The van der Waals surface area contributed by atoms with Crippen molar-refractivity contribution in [2.75, 3.05) is 47.5 Å². The van der Waals surface area contributed by atoms with E-state index in [1.54, 1.807) is 0 Å². The van der Waals surface area contributed by atoms with E-state index in [2.05, 4.69) is 38.2 Å². The summed E-state index contributed by atoms with van der Waals surface area (Å²) < 4.78 is 34.0. The van der Waals surface area contributed by atoms with E-state index >= 15 is 0 Å². The smallest absolute Gasteiger partial charge is 0.462 e. The zero-order valence-electron chi connectivity index (χ0n) is 30.7. The molecule has 0 aliphatic heterocycles. The molecule has 0 aromatic rings. The van der Waals surface area contributed by atoms with Crippen LogP contribution < -0.4 is 0 Å². The molecule has 276 valence electrons. The normalized spacial score (nSPS) is 14.5. The van der Waals surface area contributed by atoms with Gasteiger partial charge in [-0.05, 0) is 51.4 Å². The first kappa shape index (κ1) is 45.7. The number of rotatable bonds is 31. The molecular weight excluding hydrogens is 629 g/mol. The predicted octanol–water partition coefficient (Wildman–Crippen LogP) is 9.34. The van der Waals surface area contributed by atoms with Gasteiger partial charge in [0.2, 0.25) is 0 Å². The third kappa shape index (κ3) is 33.6. The van der Waals surface area contributed by atoms with Crippen molar-refractivity contribution < 1.29 is 42.1 Å². The van der Waals surface area contributed by atoms with Crippen molar-refractivity contribution in [2.24, 2.45) is 0 Å². The highest BCUT2D eigenvalue weighted by Crippen LogP contribution is 2.43. The van der Waals surface area contributed by atoms with Crippen molar-refractivity contribution in [3.05, 3.63) is 60.8 Å². The molecule has 1 N–H and O–H groups in total. The largest absolute Gasteiger partial charge is 0.472 e. The van der Waals surface area contributed by atoms with Crippen LogP contribution in [0.25, 0.3) is 0 Å². The third-order valence-electron chi connectivity index (χ3n) is 7.13. The maximum atomic E-state index is 12.6. The molecule has 0 spiro atoms. The molecular formula is C38H67NO8P+. The van der Waals surface area contributed by atoms with Crippen LogP contribution in [0, 0.1) is 0 Å². The average molecular weight is 697 g/mol. The number of esters is 2. The van der Waals surface area contributed by atoms with E-state index < -0.39 is 32.5 Å². The van der Waals surface area contributed by atoms with Gasteiger partial charge in [-0.2, -0.15) is 0 Å². The molecule has 2 unspecified atom stereocenters. The van der Waals surface area contributed by atoms with E-state index in [1.807, 2.05) is 57.6 Å². The highest BCUT2D eigenvalue weighted by Gasteiger charge is 2.27. The number of allylic oxidation sites excluding steroid dienone is 10. The molecule has 0 fully saturated rings. The van der Waals surface area contributed by atoms with Gasteiger partial charge in [-0.25, -0.2) is 4.57 Å². The van der Waals surface area contributed by atoms with Gasteiger partial charge in [0.1, 0.15) is 19.8 Å². The van der Waals surface area contributed by atoms with Crippen LogP contribution >= 0.6 is 7.82 Å². The van der Waals surface area contributed by atoms with E-state index in [0.717, 1.165) is 70.6 Å². The maximum absolute atomic E-state index is 12.6. The summed E-state index contributed by atoms with van der Waals surface area (Å²) in [5.74, 6) is -0.866. The first-order chi connectivity index (χ1) is 23.0. The number of carbonyl (C=O) groups excluding carboxylic acids is 2. The lowest BCUT2D eigenvalue weighted by atomic mass is 10.1. The number of carbonyl (C=O) groups is 2. The number of hydrogen-bond acceptors (Lipinski definition) is 7. The molecule has 0 rings (SSSR count). The molecule has 9 nitrogen and oxygen atoms in total. The van der Waals surface area contributed by atoms with Crippen LogP contribution in [-0.2, 0) is 32.7 Å². The molecule has 0 amide bonds. The van der Waals surface area contributed by atoms with Crippen molar-refractivity contribution >= 4 is 19.8 Å². The molecule has 0 aromatic carbocycles. The van der Waals surface area contributed by atoms with Crippen LogP contribution in [-0.4, -0.2) is 74.9 Å². The lowest BCUT2D eigenvalue weighted by molar-refractivity contribution is -0.870. The van der Waals surface area contributed by atoms with Crippen molar-refractivity contribution in [1.82, 2.24) is 0 Å². The van der Waals surface area contributed by atoms with Gasteiger partial charge >= 0.3 is 19.8 Å². The molecule has 0 radical (unpaired) electrons. The van der Waals surface area contributed by atoms with Crippen LogP contribution in [0.1, 0.15) is 117 Å². The van der Waals surface area contributed by atoms with Crippen LogP contribution in [0.5, 0.6) is 0 Å². The monoisotopic (exact) mass is 696 g/mol. The van der Waals surface area contributed by atoms with Gasteiger partial charge in [-0.15, -0.1) is 0 Å². The number of nitrogens with zero attached hydrogens (tertiary/aromatic N) is 1. The Kier molecular flexibility index (Phi) is 29.3. The van der Waals surface area contributed by atoms with Gasteiger partial charge in [0.05, 0.1) is 27.7 Å². The molecule has 0 bridgehead atoms. The van der Waals surface area contributed by atoms with Crippen LogP contribution in [0.15, 0.2) is 60.8 Å². The molecule has 0 aromatic heterocycles. The minimum Gasteiger partial charge on any atom is -0.462 e. The number of quaternary nitrogens is 1. The second kappa shape index (κ2) is 30.7. The second-order valence-electron chi connectivity index (χ2n) is 13.0. The predicted molar refractivity (Wildman–Crippen MR) is 196 cm³/mol. The number of ether oxygens (including phenoxy) is 2. The molecule has 0 aliphatic carbocycles. The fraction of sp³-hybridized carbons (Fsp3) is 0.684. The number of hydrogen-bond donors (Lipinski definition) is 1. The lowest BCUT2D eigenvalue weighted by Gasteiger charge is -2.24. The third-order valence-corrected chi connectivity index (χ3v) is 8.11. The molecule has 0 saturated carbocycles. The van der Waals surface area contributed by atoms with E-state index in [0.29, 0.717) is 17.4 Å². The average Bonchev–Trinajstić information content (AvgIpc) is 3.02. The highest BCUT2D eigenvalue weighted by atomic mass is 31.2. The number of phosphoric ester groups is 1. The van der Waals surface area contributed by atoms with Gasteiger partial charge in [0.15, 0.2) is 6.10 Å². The SMILES string of the molecule is CC/C=C/C=C/C=C/C=C/CCCCCC(=O)OC(COC(=O)CCCCCCC/C=C/CCCC)COP(=O)(O)OCC[N+](C)(C)C. The quantitative estimate of drug-likeness (QED) is 0.0191. The van der Waals surface area contributed by atoms with Gasteiger partial charge in [0.25, 0.3) is 0 Å². The van der Waals surface area contributed by atoms with Gasteiger partial charge in [-0.1, -0.05) is 113 Å². The van der Waals surface area contributed by atoms with E-state index in [9.17, 15) is 19.0 Å². The van der Waals surface area contributed by atoms with E-state index in [-0.39, 0.29) is 26.1 Å². The second-order valence-corrected chi connectivity index (χ2v) is 14.4. The Morgan fingerprint density at radius 2 is 1.21 bits per heavy atom. The molecule has 10 heteroatoms. The standard InChI is InChI=1S/C38H66NO8P/c1-6-8-10-12-14-16-18-19-21-23-25-27-29-31-38(41)47-36(35-46-48(42,43)45-33-32-39(3,4)5)34-44-37(40)30-28-26-24-22-20-17-15-13-11-9-7-2/h8,10,12-16,18-19,21,36H,6-7,9,11,17,20,22-35H2,1-5H3/p+1/b10-8+,14-12+,15-13+,18-16+,21-19+. The maximum Gasteiger partial charge on any atom is 0.472 e. The molecule has 0 heterocycles. The van der Waals surface area contributed by atoms with Crippen molar-refractivity contribution in [1.29, 1.82) is 0 Å². The minimum absolute atomic E-state index is 0.0194. The first-order valence-corrected chi connectivity index (χ1v) is 19.6. The Labute approximate surface area is 292 Å². The van der Waals surface area contributed by atoms with Gasteiger partial charge in [-0.3, -0.25) is 18.6 Å². The van der Waals surface area contributed by atoms with Crippen LogP contribution in [0.3, 0.4) is 0 Å². The first-order valence-electron chi connectivity index (χ1n) is 18.1. The highest BCUT2D eigenvalue weighted by molar-refractivity contribution is 7.47. The van der Waals surface area contributed by atoms with Crippen molar-refractivity contribution in [3.63, 3.8) is 0 Å². The number of likely N-dealkylation sites (N-methyl/N-ethyl adjacent to an activating group) is 1. The zero-order chi connectivity index (χ0) is 35.8. The Hall–Kier alpha value is -2.29. The minimum atomic E-state index is -4.38. The van der Waals surface area contributed by atoms with Crippen molar-refractivity contribution in [2.45, 2.75) is 123 Å². The molecule has 0 saturated heterocycles. The summed E-state index contributed by atoms with van der Waals surface area (Å²) in [6.07, 6.45) is 34.2. The van der Waals surface area contributed by atoms with Crippen LogP contribution in [0.4, 0.5) is 0 Å². The summed E-state index contributed by atoms with van der Waals surface area (Å²) in [7, 11) is 1.43. The van der Waals surface area contributed by atoms with Crippen molar-refractivity contribution in [3.8, 4) is 0 Å². The summed E-state index contributed by atoms with van der Waals surface area (Å²) in [5, 5.41) is 0. The number of unbranched alkanes of at least 4 members (excludes halogenated alkanes) is 10. The summed E-state index contributed by atoms with van der Waals surface area (Å²) in [5.41, 5.74) is 0. The van der Waals surface area contributed by atoms with E-state index in [1.165, 1.54) is 12.8 Å². The summed E-state index contributed by atoms with van der Waals surface area (Å²) in [6.45, 7) is 4.14. The fourth-order valence-electron chi connectivity index (χ4n) is 4.24. The Bertz CT molecular complexity index is 1010. The van der Waals surface area contributed by atoms with Gasteiger partial charge in [0, 0.05) is 12.8 Å². The number of phosphoric acid groups is 1. The Balaban J connectivity index is 4.58. The molecule has 2 atom stereocenters. The fourth-order valence-corrected chi connectivity index (χ4v) is 4.98. The Morgan fingerprint density at radius 1 is 0.667 bits per heavy atom. The topological polar surface area (TPSA) is 108 Å². The molecule has 48 heavy (non-hydrogen) atoms. The lowest BCUT2D eigenvalue weighted by Crippen LogP contribution is -2.37. The Morgan fingerprint density at radius 3 is 1.85 bits per heavy atom. The molecule has 0 aliphatic rings. The zero-order valence-corrected chi connectivity index (χ0v) is 31.6. The van der Waals surface area contributed by atoms with Crippen LogP contribution in [0.2, 0.25) is 0 Å². The summed E-state index contributed by atoms with van der Waals surface area (Å²) in [6, 6.07) is 0. The summed E-state index contributed by atoms with van der Waals surface area (Å²) in [4.78, 5) is 35.1. The summed E-state index contributed by atoms with van der Waals surface area (Å²) >= 11 is 0. The van der Waals surface area contributed by atoms with Gasteiger partial charge < -0.3 is 18.9 Å².